The Labute approximate surface area is 96.7 Å². The molecule has 6 heteroatoms. The van der Waals surface area contributed by atoms with E-state index in [9.17, 15) is 9.59 Å². The van der Waals surface area contributed by atoms with Crippen molar-refractivity contribution in [2.45, 2.75) is 12.6 Å². The van der Waals surface area contributed by atoms with Crippen LogP contribution in [0.15, 0.2) is 24.1 Å². The molecule has 2 N–H and O–H groups in total. The number of carbonyl (C=O) groups is 2. The summed E-state index contributed by atoms with van der Waals surface area (Å²) in [6.07, 6.45) is 3.35. The van der Waals surface area contributed by atoms with Gasteiger partial charge in [0.15, 0.2) is 6.04 Å². The van der Waals surface area contributed by atoms with E-state index in [4.69, 9.17) is 4.74 Å². The van der Waals surface area contributed by atoms with Crippen LogP contribution in [0.2, 0.25) is 0 Å². The molecule has 1 aromatic heterocycles. The molecule has 3 rings (SSSR count). The first-order valence-electron chi connectivity index (χ1n) is 5.14. The van der Waals surface area contributed by atoms with Crippen molar-refractivity contribution in [3.8, 4) is 0 Å². The summed E-state index contributed by atoms with van der Waals surface area (Å²) in [7, 11) is 0. The lowest BCUT2D eigenvalue weighted by Gasteiger charge is -2.19. The van der Waals surface area contributed by atoms with Gasteiger partial charge in [-0.1, -0.05) is 6.07 Å². The molecule has 2 aliphatic rings. The lowest BCUT2D eigenvalue weighted by Crippen LogP contribution is -2.33. The maximum Gasteiger partial charge on any atom is 0.322 e. The van der Waals surface area contributed by atoms with E-state index >= 15 is 0 Å². The van der Waals surface area contributed by atoms with Gasteiger partial charge in [-0.25, -0.2) is 4.79 Å². The van der Waals surface area contributed by atoms with Gasteiger partial charge in [0, 0.05) is 17.8 Å². The van der Waals surface area contributed by atoms with Crippen molar-refractivity contribution in [1.82, 2.24) is 15.6 Å². The number of nitrogens with zero attached hydrogens (tertiary/aromatic N) is 1. The number of hydrogen-bond acceptors (Lipinski definition) is 4. The summed E-state index contributed by atoms with van der Waals surface area (Å²) < 4.78 is 5.45. The van der Waals surface area contributed by atoms with Crippen LogP contribution in [-0.2, 0) is 16.1 Å². The van der Waals surface area contributed by atoms with E-state index in [0.717, 1.165) is 11.3 Å². The van der Waals surface area contributed by atoms with Gasteiger partial charge in [-0.15, -0.1) is 0 Å². The Morgan fingerprint density at radius 2 is 2.29 bits per heavy atom. The fourth-order valence-electron chi connectivity index (χ4n) is 1.82. The molecule has 1 aromatic rings. The summed E-state index contributed by atoms with van der Waals surface area (Å²) >= 11 is 0. The van der Waals surface area contributed by atoms with Gasteiger partial charge >= 0.3 is 6.03 Å². The predicted molar refractivity (Wildman–Crippen MR) is 57.5 cm³/mol. The van der Waals surface area contributed by atoms with Gasteiger partial charge in [0.2, 0.25) is 0 Å². The second-order valence-corrected chi connectivity index (χ2v) is 3.78. The van der Waals surface area contributed by atoms with Crippen LogP contribution in [0, 0.1) is 0 Å². The molecule has 3 heterocycles. The van der Waals surface area contributed by atoms with Crippen molar-refractivity contribution in [1.29, 1.82) is 0 Å². The van der Waals surface area contributed by atoms with Crippen LogP contribution in [-0.4, -0.2) is 23.0 Å². The summed E-state index contributed by atoms with van der Waals surface area (Å²) in [6, 6.07) is 2.47. The van der Waals surface area contributed by atoms with Gasteiger partial charge in [-0.3, -0.25) is 15.1 Å². The molecule has 1 fully saturated rings. The zero-order chi connectivity index (χ0) is 11.8. The maximum absolute atomic E-state index is 11.5. The minimum absolute atomic E-state index is 0.356. The molecule has 0 saturated carbocycles. The molecule has 17 heavy (non-hydrogen) atoms. The maximum atomic E-state index is 11.5. The van der Waals surface area contributed by atoms with Gasteiger partial charge in [-0.05, 0) is 6.07 Å². The highest BCUT2D eigenvalue weighted by Gasteiger charge is 2.35. The first-order valence-corrected chi connectivity index (χ1v) is 5.14. The van der Waals surface area contributed by atoms with E-state index in [-0.39, 0.29) is 0 Å². The minimum Gasteiger partial charge on any atom is -0.490 e. The SMILES string of the molecule is O=C1NC(=O)C(C2=Cc3ncccc3CO2)N1. The van der Waals surface area contributed by atoms with Crippen LogP contribution in [0.5, 0.6) is 0 Å². The highest BCUT2D eigenvalue weighted by atomic mass is 16.5. The van der Waals surface area contributed by atoms with E-state index in [0.29, 0.717) is 12.4 Å². The number of pyridine rings is 1. The highest BCUT2D eigenvalue weighted by molar-refractivity contribution is 6.06. The number of urea groups is 1. The van der Waals surface area contributed by atoms with Gasteiger partial charge in [0.05, 0.1) is 5.69 Å². The first-order chi connectivity index (χ1) is 8.24. The number of imide groups is 1. The smallest absolute Gasteiger partial charge is 0.322 e. The van der Waals surface area contributed by atoms with Crippen LogP contribution in [0.25, 0.3) is 6.08 Å². The molecular weight excluding hydrogens is 222 g/mol. The molecule has 6 nitrogen and oxygen atoms in total. The standard InChI is InChI=1S/C11H9N3O3/c15-10-9(13-11(16)14-10)8-4-7-6(5-17-8)2-1-3-12-7/h1-4,9H,5H2,(H2,13,14,15,16). The van der Waals surface area contributed by atoms with Crippen LogP contribution in [0.4, 0.5) is 4.79 Å². The minimum atomic E-state index is -0.752. The monoisotopic (exact) mass is 231 g/mol. The van der Waals surface area contributed by atoms with E-state index in [1.165, 1.54) is 0 Å². The molecule has 86 valence electrons. The zero-order valence-electron chi connectivity index (χ0n) is 8.77. The molecule has 0 radical (unpaired) electrons. The first kappa shape index (κ1) is 9.83. The Bertz CT molecular complexity index is 539. The lowest BCUT2D eigenvalue weighted by molar-refractivity contribution is -0.120. The summed E-state index contributed by atoms with van der Waals surface area (Å²) in [4.78, 5) is 26.7. The van der Waals surface area contributed by atoms with Crippen molar-refractivity contribution in [2.24, 2.45) is 0 Å². The number of hydrogen-bond donors (Lipinski definition) is 2. The molecular formula is C11H9N3O3. The normalized spacial score (nSPS) is 22.1. The van der Waals surface area contributed by atoms with E-state index in [1.54, 1.807) is 12.3 Å². The molecule has 3 amide bonds. The molecule has 1 atom stereocenters. The Morgan fingerprint density at radius 1 is 1.41 bits per heavy atom. The second kappa shape index (κ2) is 3.58. The number of carbonyl (C=O) groups excluding carboxylic acids is 2. The van der Waals surface area contributed by atoms with Crippen LogP contribution in [0.1, 0.15) is 11.3 Å². The highest BCUT2D eigenvalue weighted by Crippen LogP contribution is 2.22. The number of fused-ring (bicyclic) bond motifs is 1. The van der Waals surface area contributed by atoms with Crippen molar-refractivity contribution in [3.05, 3.63) is 35.3 Å². The van der Waals surface area contributed by atoms with Gasteiger partial charge in [0.1, 0.15) is 12.4 Å². The molecule has 2 aliphatic heterocycles. The Morgan fingerprint density at radius 3 is 3.06 bits per heavy atom. The molecule has 1 unspecified atom stereocenters. The van der Waals surface area contributed by atoms with Gasteiger partial charge in [-0.2, -0.15) is 0 Å². The van der Waals surface area contributed by atoms with Crippen LogP contribution in [0.3, 0.4) is 0 Å². The number of ether oxygens (including phenoxy) is 1. The molecule has 0 spiro atoms. The third-order valence-corrected chi connectivity index (χ3v) is 2.66. The second-order valence-electron chi connectivity index (χ2n) is 3.78. The van der Waals surface area contributed by atoms with E-state index in [2.05, 4.69) is 15.6 Å². The fourth-order valence-corrected chi connectivity index (χ4v) is 1.82. The van der Waals surface area contributed by atoms with E-state index in [1.807, 2.05) is 12.1 Å². The molecule has 0 aliphatic carbocycles. The quantitative estimate of drug-likeness (QED) is 0.675. The average Bonchev–Trinajstić information content (AvgIpc) is 2.68. The third-order valence-electron chi connectivity index (χ3n) is 2.66. The summed E-state index contributed by atoms with van der Waals surface area (Å²) in [5.74, 6) is 0.0141. The lowest BCUT2D eigenvalue weighted by atomic mass is 10.1. The van der Waals surface area contributed by atoms with Crippen molar-refractivity contribution < 1.29 is 14.3 Å². The molecule has 0 bridgehead atoms. The fraction of sp³-hybridized carbons (Fsp3) is 0.182. The van der Waals surface area contributed by atoms with Crippen molar-refractivity contribution >= 4 is 18.0 Å². The summed E-state index contributed by atoms with van der Waals surface area (Å²) in [5, 5.41) is 4.64. The van der Waals surface area contributed by atoms with Crippen LogP contribution >= 0.6 is 0 Å². The predicted octanol–water partition coefficient (Wildman–Crippen LogP) is 0.161. The largest absolute Gasteiger partial charge is 0.490 e. The topological polar surface area (TPSA) is 80.3 Å². The van der Waals surface area contributed by atoms with Gasteiger partial charge in [0.25, 0.3) is 5.91 Å². The Kier molecular flexibility index (Phi) is 2.07. The van der Waals surface area contributed by atoms with Gasteiger partial charge < -0.3 is 10.1 Å². The Hall–Kier alpha value is -2.37. The summed E-state index contributed by atoms with van der Waals surface area (Å²) in [6.45, 7) is 0.356. The number of aromatic nitrogens is 1. The molecule has 0 aromatic carbocycles. The van der Waals surface area contributed by atoms with E-state index < -0.39 is 18.0 Å². The third kappa shape index (κ3) is 1.63. The van der Waals surface area contributed by atoms with Crippen LogP contribution < -0.4 is 10.6 Å². The molecule has 1 saturated heterocycles. The van der Waals surface area contributed by atoms with Crippen molar-refractivity contribution in [3.63, 3.8) is 0 Å². The Balaban J connectivity index is 1.94. The number of amides is 3. The summed E-state index contributed by atoms with van der Waals surface area (Å²) in [5.41, 5.74) is 1.73. The number of rotatable bonds is 1. The van der Waals surface area contributed by atoms with Crippen molar-refractivity contribution in [2.75, 3.05) is 0 Å². The average molecular weight is 231 g/mol. The number of nitrogens with one attached hydrogen (secondary N) is 2. The zero-order valence-corrected chi connectivity index (χ0v) is 8.77.